The summed E-state index contributed by atoms with van der Waals surface area (Å²) in [4.78, 5) is 0. The van der Waals surface area contributed by atoms with E-state index in [1.54, 1.807) is 17.8 Å². The number of hydrogen-bond acceptors (Lipinski definition) is 4. The molecule has 4 aromatic rings. The van der Waals surface area contributed by atoms with Gasteiger partial charge in [0.15, 0.2) is 11.6 Å². The molecule has 0 aliphatic carbocycles. The molecule has 0 fully saturated rings. The second-order valence-corrected chi connectivity index (χ2v) is 6.99. The Morgan fingerprint density at radius 2 is 1.63 bits per heavy atom. The van der Waals surface area contributed by atoms with Gasteiger partial charge in [-0.3, -0.25) is 0 Å². The standard InChI is InChI=1S/C22H17FN2OS/c1-26-20-12-11-15(13-19(20)23)14-27-22-18-10-6-5-9-17(18)21(24-25-22)16-7-3-2-4-8-16/h2-13H,14H2,1H3. The third-order valence-electron chi connectivity index (χ3n) is 4.29. The lowest BCUT2D eigenvalue weighted by molar-refractivity contribution is 0.386. The normalized spacial score (nSPS) is 10.9. The number of aromatic nitrogens is 2. The number of ether oxygens (including phenoxy) is 1. The molecule has 3 aromatic carbocycles. The van der Waals surface area contributed by atoms with Crippen molar-refractivity contribution in [1.82, 2.24) is 10.2 Å². The molecular formula is C22H17FN2OS. The minimum Gasteiger partial charge on any atom is -0.494 e. The molecule has 4 rings (SSSR count). The average Bonchev–Trinajstić information content (AvgIpc) is 2.72. The van der Waals surface area contributed by atoms with Gasteiger partial charge < -0.3 is 4.74 Å². The van der Waals surface area contributed by atoms with Crippen LogP contribution in [0.25, 0.3) is 22.0 Å². The molecule has 1 aromatic heterocycles. The van der Waals surface area contributed by atoms with Gasteiger partial charge in [-0.2, -0.15) is 0 Å². The van der Waals surface area contributed by atoms with Crippen LogP contribution in [0.5, 0.6) is 5.75 Å². The van der Waals surface area contributed by atoms with E-state index in [0.717, 1.165) is 32.6 Å². The molecule has 0 saturated heterocycles. The van der Waals surface area contributed by atoms with E-state index in [9.17, 15) is 4.39 Å². The second-order valence-electron chi connectivity index (χ2n) is 6.02. The van der Waals surface area contributed by atoms with E-state index in [1.165, 1.54) is 13.2 Å². The van der Waals surface area contributed by atoms with Crippen LogP contribution in [0, 0.1) is 5.82 Å². The number of halogens is 1. The Kier molecular flexibility index (Phi) is 5.03. The molecule has 0 N–H and O–H groups in total. The van der Waals surface area contributed by atoms with Gasteiger partial charge in [0.05, 0.1) is 7.11 Å². The zero-order chi connectivity index (χ0) is 18.6. The quantitative estimate of drug-likeness (QED) is 0.416. The van der Waals surface area contributed by atoms with E-state index in [4.69, 9.17) is 4.74 Å². The van der Waals surface area contributed by atoms with Crippen LogP contribution in [0.4, 0.5) is 4.39 Å². The lowest BCUT2D eigenvalue weighted by Gasteiger charge is -2.09. The van der Waals surface area contributed by atoms with Crippen molar-refractivity contribution >= 4 is 22.5 Å². The third kappa shape index (κ3) is 3.64. The third-order valence-corrected chi connectivity index (χ3v) is 5.35. The molecule has 27 heavy (non-hydrogen) atoms. The van der Waals surface area contributed by atoms with Crippen molar-refractivity contribution in [2.75, 3.05) is 7.11 Å². The molecule has 0 radical (unpaired) electrons. The lowest BCUT2D eigenvalue weighted by Crippen LogP contribution is -1.94. The van der Waals surface area contributed by atoms with Crippen LogP contribution >= 0.6 is 11.8 Å². The summed E-state index contributed by atoms with van der Waals surface area (Å²) in [6, 6.07) is 23.1. The molecule has 0 amide bonds. The predicted molar refractivity (Wildman–Crippen MR) is 107 cm³/mol. The topological polar surface area (TPSA) is 35.0 Å². The van der Waals surface area contributed by atoms with Crippen LogP contribution in [-0.4, -0.2) is 17.3 Å². The SMILES string of the molecule is COc1ccc(CSc2nnc(-c3ccccc3)c3ccccc23)cc1F. The molecule has 0 unspecified atom stereocenters. The highest BCUT2D eigenvalue weighted by molar-refractivity contribution is 7.98. The second kappa shape index (κ2) is 7.76. The first-order valence-corrected chi connectivity index (χ1v) is 9.51. The van der Waals surface area contributed by atoms with Gasteiger partial charge in [0, 0.05) is 22.1 Å². The average molecular weight is 376 g/mol. The highest BCUT2D eigenvalue weighted by Gasteiger charge is 2.12. The van der Waals surface area contributed by atoms with Crippen molar-refractivity contribution in [3.8, 4) is 17.0 Å². The number of fused-ring (bicyclic) bond motifs is 1. The number of rotatable bonds is 5. The maximum Gasteiger partial charge on any atom is 0.165 e. The minimum absolute atomic E-state index is 0.251. The number of thioether (sulfide) groups is 1. The van der Waals surface area contributed by atoms with E-state index < -0.39 is 0 Å². The Morgan fingerprint density at radius 3 is 2.37 bits per heavy atom. The van der Waals surface area contributed by atoms with Gasteiger partial charge in [-0.1, -0.05) is 72.4 Å². The molecule has 0 aliphatic heterocycles. The largest absolute Gasteiger partial charge is 0.494 e. The van der Waals surface area contributed by atoms with Crippen LogP contribution in [0.2, 0.25) is 0 Å². The summed E-state index contributed by atoms with van der Waals surface area (Å²) >= 11 is 1.55. The molecule has 1 heterocycles. The summed E-state index contributed by atoms with van der Waals surface area (Å²) in [6.07, 6.45) is 0. The van der Waals surface area contributed by atoms with Gasteiger partial charge in [0.2, 0.25) is 0 Å². The highest BCUT2D eigenvalue weighted by atomic mass is 32.2. The highest BCUT2D eigenvalue weighted by Crippen LogP contribution is 2.33. The fourth-order valence-corrected chi connectivity index (χ4v) is 3.86. The molecule has 0 saturated carbocycles. The van der Waals surface area contributed by atoms with E-state index in [1.807, 2.05) is 54.6 Å². The summed E-state index contributed by atoms with van der Waals surface area (Å²) in [5, 5.41) is 11.9. The maximum atomic E-state index is 13.9. The first kappa shape index (κ1) is 17.5. The fourth-order valence-electron chi connectivity index (χ4n) is 2.95. The fraction of sp³-hybridized carbons (Fsp3) is 0.0909. The summed E-state index contributed by atoms with van der Waals surface area (Å²) in [5.41, 5.74) is 2.78. The molecule has 3 nitrogen and oxygen atoms in total. The first-order valence-electron chi connectivity index (χ1n) is 8.52. The van der Waals surface area contributed by atoms with E-state index in [0.29, 0.717) is 5.75 Å². The number of methoxy groups -OCH3 is 1. The molecular weight excluding hydrogens is 359 g/mol. The zero-order valence-corrected chi connectivity index (χ0v) is 15.5. The maximum absolute atomic E-state index is 13.9. The van der Waals surface area contributed by atoms with Crippen molar-refractivity contribution in [3.63, 3.8) is 0 Å². The smallest absolute Gasteiger partial charge is 0.165 e. The van der Waals surface area contributed by atoms with Crippen molar-refractivity contribution in [2.45, 2.75) is 10.8 Å². The minimum atomic E-state index is -0.356. The molecule has 5 heteroatoms. The molecule has 0 atom stereocenters. The van der Waals surface area contributed by atoms with Gasteiger partial charge in [0.25, 0.3) is 0 Å². The van der Waals surface area contributed by atoms with Crippen LogP contribution in [0.15, 0.2) is 77.8 Å². The lowest BCUT2D eigenvalue weighted by atomic mass is 10.1. The summed E-state index contributed by atoms with van der Waals surface area (Å²) in [6.45, 7) is 0. The van der Waals surface area contributed by atoms with Gasteiger partial charge in [-0.15, -0.1) is 10.2 Å². The van der Waals surface area contributed by atoms with Crippen LogP contribution in [-0.2, 0) is 5.75 Å². The molecule has 134 valence electrons. The number of hydrogen-bond donors (Lipinski definition) is 0. The Bertz CT molecular complexity index is 1090. The number of benzene rings is 3. The van der Waals surface area contributed by atoms with Crippen LogP contribution in [0.1, 0.15) is 5.56 Å². The van der Waals surface area contributed by atoms with Gasteiger partial charge in [0.1, 0.15) is 10.7 Å². The van der Waals surface area contributed by atoms with Crippen molar-refractivity contribution in [3.05, 3.63) is 84.2 Å². The Labute approximate surface area is 161 Å². The summed E-state index contributed by atoms with van der Waals surface area (Å²) in [5.74, 6) is 0.497. The summed E-state index contributed by atoms with van der Waals surface area (Å²) in [7, 11) is 1.46. The van der Waals surface area contributed by atoms with E-state index >= 15 is 0 Å². The first-order chi connectivity index (χ1) is 13.3. The molecule has 0 aliphatic rings. The Balaban J connectivity index is 1.66. The number of nitrogens with zero attached hydrogens (tertiary/aromatic N) is 2. The Morgan fingerprint density at radius 1 is 0.889 bits per heavy atom. The van der Waals surface area contributed by atoms with Gasteiger partial charge >= 0.3 is 0 Å². The Hall–Kier alpha value is -2.92. The predicted octanol–water partition coefficient (Wildman–Crippen LogP) is 5.74. The van der Waals surface area contributed by atoms with Gasteiger partial charge in [-0.25, -0.2) is 4.39 Å². The van der Waals surface area contributed by atoms with Crippen molar-refractivity contribution in [1.29, 1.82) is 0 Å². The van der Waals surface area contributed by atoms with Crippen LogP contribution in [0.3, 0.4) is 0 Å². The van der Waals surface area contributed by atoms with E-state index in [-0.39, 0.29) is 11.6 Å². The summed E-state index contributed by atoms with van der Waals surface area (Å²) < 4.78 is 18.9. The zero-order valence-electron chi connectivity index (χ0n) is 14.7. The van der Waals surface area contributed by atoms with E-state index in [2.05, 4.69) is 16.3 Å². The molecule has 0 spiro atoms. The molecule has 0 bridgehead atoms. The van der Waals surface area contributed by atoms with Gasteiger partial charge in [-0.05, 0) is 17.7 Å². The van der Waals surface area contributed by atoms with Crippen LogP contribution < -0.4 is 4.74 Å². The monoisotopic (exact) mass is 376 g/mol. The van der Waals surface area contributed by atoms with Crippen molar-refractivity contribution < 1.29 is 9.13 Å². The van der Waals surface area contributed by atoms with Crippen molar-refractivity contribution in [2.24, 2.45) is 0 Å².